The number of aromatic amines is 1. The normalized spacial score (nSPS) is 19.1. The van der Waals surface area contributed by atoms with Gasteiger partial charge < -0.3 is 19.6 Å². The van der Waals surface area contributed by atoms with Crippen LogP contribution in [0.1, 0.15) is 48.8 Å². The molecular formula is C24H27N5O2. The smallest absolute Gasteiger partial charge is 0.289 e. The predicted octanol–water partition coefficient (Wildman–Crippen LogP) is 4.27. The average Bonchev–Trinajstić information content (AvgIpc) is 3.45. The number of carbonyl (C=O) groups excluding carboxylic acids is 1. The molecule has 1 fully saturated rings. The molecule has 1 saturated carbocycles. The van der Waals surface area contributed by atoms with Gasteiger partial charge in [-0.1, -0.05) is 18.2 Å². The molecule has 2 N–H and O–H groups in total. The van der Waals surface area contributed by atoms with Gasteiger partial charge >= 0.3 is 0 Å². The van der Waals surface area contributed by atoms with E-state index < -0.39 is 0 Å². The SMILES string of the molecule is CCN(C(=O)c1nc2ccccc2[nH]1)C1CCCC(NCc2ccc3ocnc3c2)C1. The van der Waals surface area contributed by atoms with Crippen LogP contribution in [0.3, 0.4) is 0 Å². The van der Waals surface area contributed by atoms with Gasteiger partial charge in [-0.05, 0) is 62.4 Å². The maximum atomic E-state index is 13.2. The van der Waals surface area contributed by atoms with Crippen molar-refractivity contribution in [3.05, 3.63) is 60.2 Å². The van der Waals surface area contributed by atoms with Crippen molar-refractivity contribution in [1.82, 2.24) is 25.2 Å². The Morgan fingerprint density at radius 3 is 3.00 bits per heavy atom. The summed E-state index contributed by atoms with van der Waals surface area (Å²) in [7, 11) is 0. The second-order valence-electron chi connectivity index (χ2n) is 8.25. The topological polar surface area (TPSA) is 87.0 Å². The number of H-pyrrole nitrogens is 1. The third-order valence-electron chi connectivity index (χ3n) is 6.27. The number of benzene rings is 2. The minimum atomic E-state index is -0.0131. The number of rotatable bonds is 6. The van der Waals surface area contributed by atoms with E-state index in [0.29, 0.717) is 18.4 Å². The van der Waals surface area contributed by atoms with Crippen LogP contribution in [-0.4, -0.2) is 44.4 Å². The maximum Gasteiger partial charge on any atom is 0.289 e. The van der Waals surface area contributed by atoms with Crippen molar-refractivity contribution >= 4 is 28.0 Å². The summed E-state index contributed by atoms with van der Waals surface area (Å²) in [5.41, 5.74) is 4.61. The number of para-hydroxylation sites is 2. The first-order valence-electron chi connectivity index (χ1n) is 11.0. The van der Waals surface area contributed by atoms with E-state index in [0.717, 1.165) is 54.4 Å². The summed E-state index contributed by atoms with van der Waals surface area (Å²) in [5, 5.41) is 3.68. The Balaban J connectivity index is 1.25. The highest BCUT2D eigenvalue weighted by atomic mass is 16.3. The largest absolute Gasteiger partial charge is 0.443 e. The molecule has 2 atom stereocenters. The standard InChI is InChI=1S/C24H27N5O2/c1-2-29(24(30)23-27-19-8-3-4-9-20(19)28-23)18-7-5-6-17(13-18)25-14-16-10-11-22-21(12-16)26-15-31-22/h3-4,8-12,15,17-18,25H,2,5-7,13-14H2,1H3,(H,27,28). The number of imidazole rings is 1. The fourth-order valence-electron chi connectivity index (χ4n) is 4.67. The first-order chi connectivity index (χ1) is 15.2. The molecule has 7 nitrogen and oxygen atoms in total. The van der Waals surface area contributed by atoms with Crippen LogP contribution in [0.5, 0.6) is 0 Å². The van der Waals surface area contributed by atoms with E-state index in [1.165, 1.54) is 12.0 Å². The molecule has 0 spiro atoms. The van der Waals surface area contributed by atoms with Crippen molar-refractivity contribution in [1.29, 1.82) is 0 Å². The monoisotopic (exact) mass is 417 g/mol. The van der Waals surface area contributed by atoms with Crippen molar-refractivity contribution in [2.45, 2.75) is 51.2 Å². The van der Waals surface area contributed by atoms with Gasteiger partial charge in [0.2, 0.25) is 0 Å². The zero-order chi connectivity index (χ0) is 21.2. The fraction of sp³-hybridized carbons (Fsp3) is 0.375. The van der Waals surface area contributed by atoms with Crippen molar-refractivity contribution < 1.29 is 9.21 Å². The molecule has 1 aliphatic rings. The molecule has 31 heavy (non-hydrogen) atoms. The van der Waals surface area contributed by atoms with Crippen LogP contribution in [0, 0.1) is 0 Å². The van der Waals surface area contributed by atoms with Gasteiger partial charge in [0, 0.05) is 25.2 Å². The third-order valence-corrected chi connectivity index (χ3v) is 6.27. The van der Waals surface area contributed by atoms with Crippen LogP contribution in [0.25, 0.3) is 22.1 Å². The van der Waals surface area contributed by atoms with E-state index >= 15 is 0 Å². The highest BCUT2D eigenvalue weighted by molar-refractivity contribution is 5.94. The highest BCUT2D eigenvalue weighted by Gasteiger charge is 2.30. The number of amides is 1. The Morgan fingerprint density at radius 1 is 1.23 bits per heavy atom. The van der Waals surface area contributed by atoms with Crippen LogP contribution in [-0.2, 0) is 6.54 Å². The molecule has 2 unspecified atom stereocenters. The van der Waals surface area contributed by atoms with E-state index in [-0.39, 0.29) is 11.9 Å². The zero-order valence-electron chi connectivity index (χ0n) is 17.7. The van der Waals surface area contributed by atoms with Crippen LogP contribution in [0.2, 0.25) is 0 Å². The molecule has 0 saturated heterocycles. The molecule has 4 aromatic rings. The Kier molecular flexibility index (Phi) is 5.42. The molecule has 160 valence electrons. The van der Waals surface area contributed by atoms with Crippen LogP contribution >= 0.6 is 0 Å². The number of nitrogens with zero attached hydrogens (tertiary/aromatic N) is 3. The molecule has 2 heterocycles. The molecule has 7 heteroatoms. The van der Waals surface area contributed by atoms with Crippen molar-refractivity contribution in [3.63, 3.8) is 0 Å². The summed E-state index contributed by atoms with van der Waals surface area (Å²) in [6.45, 7) is 3.50. The average molecular weight is 418 g/mol. The van der Waals surface area contributed by atoms with E-state index in [9.17, 15) is 4.79 Å². The fourth-order valence-corrected chi connectivity index (χ4v) is 4.67. The predicted molar refractivity (Wildman–Crippen MR) is 120 cm³/mol. The lowest BCUT2D eigenvalue weighted by atomic mass is 9.89. The number of nitrogens with one attached hydrogen (secondary N) is 2. The second-order valence-corrected chi connectivity index (χ2v) is 8.25. The third kappa shape index (κ3) is 4.05. The summed E-state index contributed by atoms with van der Waals surface area (Å²) in [6.07, 6.45) is 5.69. The summed E-state index contributed by atoms with van der Waals surface area (Å²) < 4.78 is 5.32. The number of fused-ring (bicyclic) bond motifs is 2. The van der Waals surface area contributed by atoms with Gasteiger partial charge in [0.1, 0.15) is 5.52 Å². The van der Waals surface area contributed by atoms with Gasteiger partial charge in [0.15, 0.2) is 17.8 Å². The summed E-state index contributed by atoms with van der Waals surface area (Å²) >= 11 is 0. The van der Waals surface area contributed by atoms with Crippen LogP contribution in [0.4, 0.5) is 0 Å². The first kappa shape index (κ1) is 19.8. The van der Waals surface area contributed by atoms with Gasteiger partial charge in [0.05, 0.1) is 11.0 Å². The van der Waals surface area contributed by atoms with E-state index in [2.05, 4.69) is 32.4 Å². The van der Waals surface area contributed by atoms with Gasteiger partial charge in [-0.3, -0.25) is 4.79 Å². The van der Waals surface area contributed by atoms with Gasteiger partial charge in [0.25, 0.3) is 5.91 Å². The minimum Gasteiger partial charge on any atom is -0.443 e. The Hall–Kier alpha value is -3.19. The maximum absolute atomic E-state index is 13.2. The van der Waals surface area contributed by atoms with Crippen LogP contribution < -0.4 is 5.32 Å². The molecule has 0 bridgehead atoms. The van der Waals surface area contributed by atoms with Crippen LogP contribution in [0.15, 0.2) is 53.3 Å². The van der Waals surface area contributed by atoms with Crippen molar-refractivity contribution in [2.75, 3.05) is 6.54 Å². The molecule has 1 amide bonds. The van der Waals surface area contributed by atoms with E-state index in [4.69, 9.17) is 4.42 Å². The number of carbonyl (C=O) groups is 1. The zero-order valence-corrected chi connectivity index (χ0v) is 17.7. The Labute approximate surface area is 180 Å². The van der Waals surface area contributed by atoms with E-state index in [1.54, 1.807) is 0 Å². The molecule has 0 radical (unpaired) electrons. The van der Waals surface area contributed by atoms with E-state index in [1.807, 2.05) is 42.2 Å². The number of oxazole rings is 1. The summed E-state index contributed by atoms with van der Waals surface area (Å²) in [5.74, 6) is 0.417. The minimum absolute atomic E-state index is 0.0131. The summed E-state index contributed by atoms with van der Waals surface area (Å²) in [6, 6.07) is 14.5. The molecule has 0 aliphatic heterocycles. The van der Waals surface area contributed by atoms with Gasteiger partial charge in [-0.15, -0.1) is 0 Å². The molecule has 1 aliphatic carbocycles. The number of hydrogen-bond acceptors (Lipinski definition) is 5. The highest BCUT2D eigenvalue weighted by Crippen LogP contribution is 2.25. The second kappa shape index (κ2) is 8.51. The molecule has 2 aromatic carbocycles. The van der Waals surface area contributed by atoms with Crippen molar-refractivity contribution in [3.8, 4) is 0 Å². The molecule has 2 aromatic heterocycles. The Bertz CT molecular complexity index is 1160. The Morgan fingerprint density at radius 2 is 2.13 bits per heavy atom. The number of aromatic nitrogens is 3. The quantitative estimate of drug-likeness (QED) is 0.489. The van der Waals surface area contributed by atoms with Crippen molar-refractivity contribution in [2.24, 2.45) is 0 Å². The molecule has 5 rings (SSSR count). The number of hydrogen-bond donors (Lipinski definition) is 2. The van der Waals surface area contributed by atoms with Gasteiger partial charge in [-0.2, -0.15) is 0 Å². The lowest BCUT2D eigenvalue weighted by molar-refractivity contribution is 0.0617. The van der Waals surface area contributed by atoms with Gasteiger partial charge in [-0.25, -0.2) is 9.97 Å². The lowest BCUT2D eigenvalue weighted by Gasteiger charge is -2.37. The lowest BCUT2D eigenvalue weighted by Crippen LogP contribution is -2.47. The first-order valence-corrected chi connectivity index (χ1v) is 11.0. The molecular weight excluding hydrogens is 390 g/mol. The summed E-state index contributed by atoms with van der Waals surface area (Å²) in [4.78, 5) is 27.1.